The maximum Gasteiger partial charge on any atom is 0.148 e. The number of benzene rings is 1. The summed E-state index contributed by atoms with van der Waals surface area (Å²) < 4.78 is 5.91. The molecule has 112 valence electrons. The van der Waals surface area contributed by atoms with Crippen molar-refractivity contribution in [2.45, 2.75) is 46.7 Å². The van der Waals surface area contributed by atoms with E-state index in [2.05, 4.69) is 50.1 Å². The van der Waals surface area contributed by atoms with Crippen LogP contribution in [0, 0.1) is 13.8 Å². The van der Waals surface area contributed by atoms with Crippen molar-refractivity contribution in [2.24, 2.45) is 0 Å². The number of pyridine rings is 1. The van der Waals surface area contributed by atoms with Gasteiger partial charge in [0, 0.05) is 18.3 Å². The van der Waals surface area contributed by atoms with Gasteiger partial charge in [0.1, 0.15) is 11.5 Å². The van der Waals surface area contributed by atoms with Crippen LogP contribution in [0.2, 0.25) is 0 Å². The van der Waals surface area contributed by atoms with Gasteiger partial charge in [0.05, 0.1) is 5.69 Å². The number of ether oxygens (including phenoxy) is 1. The van der Waals surface area contributed by atoms with Crippen LogP contribution in [0.5, 0.6) is 11.5 Å². The highest BCUT2D eigenvalue weighted by Gasteiger charge is 2.10. The van der Waals surface area contributed by atoms with E-state index in [-0.39, 0.29) is 5.54 Å². The quantitative estimate of drug-likeness (QED) is 0.904. The van der Waals surface area contributed by atoms with E-state index in [0.717, 1.165) is 23.7 Å². The van der Waals surface area contributed by atoms with Crippen LogP contribution >= 0.6 is 0 Å². The summed E-state index contributed by atoms with van der Waals surface area (Å²) in [6, 6.07) is 10.0. The molecular formula is C18H24N2O. The van der Waals surface area contributed by atoms with Gasteiger partial charge in [-0.2, -0.15) is 0 Å². The summed E-state index contributed by atoms with van der Waals surface area (Å²) in [5.74, 6) is 1.65. The van der Waals surface area contributed by atoms with Crippen molar-refractivity contribution >= 4 is 0 Å². The third-order valence-corrected chi connectivity index (χ3v) is 3.31. The van der Waals surface area contributed by atoms with Crippen molar-refractivity contribution in [1.29, 1.82) is 0 Å². The molecule has 0 atom stereocenters. The Morgan fingerprint density at radius 2 is 1.90 bits per heavy atom. The molecule has 0 aliphatic carbocycles. The Kier molecular flexibility index (Phi) is 4.63. The fourth-order valence-corrected chi connectivity index (χ4v) is 1.99. The molecule has 1 heterocycles. The molecule has 2 rings (SSSR count). The molecule has 2 aromatic rings. The molecule has 0 unspecified atom stereocenters. The average Bonchev–Trinajstić information content (AvgIpc) is 2.39. The van der Waals surface area contributed by atoms with Gasteiger partial charge in [-0.15, -0.1) is 0 Å². The van der Waals surface area contributed by atoms with Crippen LogP contribution < -0.4 is 10.1 Å². The first kappa shape index (κ1) is 15.5. The van der Waals surface area contributed by atoms with E-state index in [4.69, 9.17) is 4.74 Å². The first-order valence-electron chi connectivity index (χ1n) is 7.29. The zero-order chi connectivity index (χ0) is 15.5. The summed E-state index contributed by atoms with van der Waals surface area (Å²) in [6.07, 6.45) is 1.77. The standard InChI is InChI=1S/C18H24N2O/c1-13-11-16(21-17-7-6-10-19-14(17)2)9-8-15(13)12-20-18(3,4)5/h6-11,20H,12H2,1-5H3. The molecule has 0 bridgehead atoms. The maximum atomic E-state index is 5.91. The fourth-order valence-electron chi connectivity index (χ4n) is 1.99. The lowest BCUT2D eigenvalue weighted by Crippen LogP contribution is -2.35. The van der Waals surface area contributed by atoms with Gasteiger partial charge in [-0.05, 0) is 70.0 Å². The Morgan fingerprint density at radius 3 is 2.52 bits per heavy atom. The van der Waals surface area contributed by atoms with Crippen LogP contribution in [0.15, 0.2) is 36.5 Å². The Labute approximate surface area is 127 Å². The topological polar surface area (TPSA) is 34.1 Å². The molecule has 1 aromatic carbocycles. The number of rotatable bonds is 4. The van der Waals surface area contributed by atoms with Gasteiger partial charge >= 0.3 is 0 Å². The number of nitrogens with one attached hydrogen (secondary N) is 1. The zero-order valence-electron chi connectivity index (χ0n) is 13.5. The maximum absolute atomic E-state index is 5.91. The smallest absolute Gasteiger partial charge is 0.148 e. The SMILES string of the molecule is Cc1cc(Oc2cccnc2C)ccc1CNC(C)(C)C. The second kappa shape index (κ2) is 6.27. The van der Waals surface area contributed by atoms with Crippen LogP contribution in [0.4, 0.5) is 0 Å². The lowest BCUT2D eigenvalue weighted by molar-refractivity contribution is 0.423. The summed E-state index contributed by atoms with van der Waals surface area (Å²) in [5, 5.41) is 3.51. The molecule has 3 heteroatoms. The number of aromatic nitrogens is 1. The van der Waals surface area contributed by atoms with Gasteiger partial charge in [0.25, 0.3) is 0 Å². The third-order valence-electron chi connectivity index (χ3n) is 3.31. The number of aryl methyl sites for hydroxylation is 2. The van der Waals surface area contributed by atoms with Crippen molar-refractivity contribution in [2.75, 3.05) is 0 Å². The molecule has 3 nitrogen and oxygen atoms in total. The number of hydrogen-bond acceptors (Lipinski definition) is 3. The highest BCUT2D eigenvalue weighted by Crippen LogP contribution is 2.25. The Balaban J connectivity index is 2.10. The summed E-state index contributed by atoms with van der Waals surface area (Å²) in [4.78, 5) is 4.24. The minimum absolute atomic E-state index is 0.119. The van der Waals surface area contributed by atoms with Gasteiger partial charge < -0.3 is 10.1 Å². The molecule has 0 fully saturated rings. The molecule has 0 saturated carbocycles. The average molecular weight is 284 g/mol. The minimum Gasteiger partial charge on any atom is -0.455 e. The van der Waals surface area contributed by atoms with E-state index in [1.54, 1.807) is 6.20 Å². The van der Waals surface area contributed by atoms with Gasteiger partial charge in [0.2, 0.25) is 0 Å². The van der Waals surface area contributed by atoms with Gasteiger partial charge in [-0.3, -0.25) is 4.98 Å². The molecule has 21 heavy (non-hydrogen) atoms. The molecular weight excluding hydrogens is 260 g/mol. The van der Waals surface area contributed by atoms with Crippen LogP contribution in [-0.2, 0) is 6.54 Å². The first-order chi connectivity index (χ1) is 9.85. The van der Waals surface area contributed by atoms with E-state index in [0.29, 0.717) is 0 Å². The van der Waals surface area contributed by atoms with Gasteiger partial charge in [-0.25, -0.2) is 0 Å². The zero-order valence-corrected chi connectivity index (χ0v) is 13.5. The third kappa shape index (κ3) is 4.57. The van der Waals surface area contributed by atoms with Crippen LogP contribution in [0.1, 0.15) is 37.6 Å². The van der Waals surface area contributed by atoms with E-state index >= 15 is 0 Å². The van der Waals surface area contributed by atoms with Crippen LogP contribution in [0.3, 0.4) is 0 Å². The lowest BCUT2D eigenvalue weighted by atomic mass is 10.1. The van der Waals surface area contributed by atoms with E-state index in [9.17, 15) is 0 Å². The molecule has 0 aliphatic heterocycles. The fraction of sp³-hybridized carbons (Fsp3) is 0.389. The monoisotopic (exact) mass is 284 g/mol. The number of nitrogens with zero attached hydrogens (tertiary/aromatic N) is 1. The second-order valence-electron chi connectivity index (χ2n) is 6.38. The molecule has 1 aromatic heterocycles. The van der Waals surface area contributed by atoms with Crippen molar-refractivity contribution in [3.05, 3.63) is 53.3 Å². The Bertz CT molecular complexity index is 615. The van der Waals surface area contributed by atoms with Crippen molar-refractivity contribution in [1.82, 2.24) is 10.3 Å². The second-order valence-corrected chi connectivity index (χ2v) is 6.38. The van der Waals surface area contributed by atoms with Crippen molar-refractivity contribution < 1.29 is 4.74 Å². The summed E-state index contributed by atoms with van der Waals surface area (Å²) in [7, 11) is 0. The Morgan fingerprint density at radius 1 is 1.14 bits per heavy atom. The first-order valence-corrected chi connectivity index (χ1v) is 7.29. The summed E-state index contributed by atoms with van der Waals surface area (Å²) in [6.45, 7) is 11.4. The van der Waals surface area contributed by atoms with Crippen molar-refractivity contribution in [3.63, 3.8) is 0 Å². The van der Waals surface area contributed by atoms with Crippen LogP contribution in [0.25, 0.3) is 0 Å². The predicted octanol–water partition coefficient (Wildman–Crippen LogP) is 4.38. The van der Waals surface area contributed by atoms with E-state index < -0.39 is 0 Å². The normalized spacial score (nSPS) is 11.5. The lowest BCUT2D eigenvalue weighted by Gasteiger charge is -2.21. The van der Waals surface area contributed by atoms with Gasteiger partial charge in [-0.1, -0.05) is 6.07 Å². The number of hydrogen-bond donors (Lipinski definition) is 1. The molecule has 1 N–H and O–H groups in total. The van der Waals surface area contributed by atoms with E-state index in [1.807, 2.05) is 25.1 Å². The summed E-state index contributed by atoms with van der Waals surface area (Å²) >= 11 is 0. The predicted molar refractivity (Wildman–Crippen MR) is 86.8 cm³/mol. The molecule has 0 aliphatic rings. The minimum atomic E-state index is 0.119. The molecule has 0 amide bonds. The molecule has 0 radical (unpaired) electrons. The summed E-state index contributed by atoms with van der Waals surface area (Å²) in [5.41, 5.74) is 3.54. The van der Waals surface area contributed by atoms with Crippen molar-refractivity contribution in [3.8, 4) is 11.5 Å². The van der Waals surface area contributed by atoms with Gasteiger partial charge in [0.15, 0.2) is 0 Å². The van der Waals surface area contributed by atoms with E-state index in [1.165, 1.54) is 11.1 Å². The largest absolute Gasteiger partial charge is 0.455 e. The highest BCUT2D eigenvalue weighted by atomic mass is 16.5. The highest BCUT2D eigenvalue weighted by molar-refractivity contribution is 5.38. The molecule has 0 spiro atoms. The Hall–Kier alpha value is -1.87. The molecule has 0 saturated heterocycles. The van der Waals surface area contributed by atoms with Crippen LogP contribution in [-0.4, -0.2) is 10.5 Å².